The first-order chi connectivity index (χ1) is 14.8. The number of carbonyl (C=O) groups excluding carboxylic acids is 1. The highest BCUT2D eigenvalue weighted by Gasteiger charge is 2.26. The third-order valence-corrected chi connectivity index (χ3v) is 5.78. The molecule has 0 unspecified atom stereocenters. The molecule has 156 valence electrons. The minimum Gasteiger partial charge on any atom is -0.379 e. The molecule has 31 heavy (non-hydrogen) atoms. The lowest BCUT2D eigenvalue weighted by molar-refractivity contribution is -0.136. The Labute approximate surface area is 178 Å². The van der Waals surface area contributed by atoms with Gasteiger partial charge in [-0.15, -0.1) is 0 Å². The Bertz CT molecular complexity index is 1290. The highest BCUT2D eigenvalue weighted by Crippen LogP contribution is 2.24. The van der Waals surface area contributed by atoms with Crippen molar-refractivity contribution in [2.24, 2.45) is 5.16 Å². The molecule has 0 saturated carbocycles. The summed E-state index contributed by atoms with van der Waals surface area (Å²) in [5.74, 6) is -0.915. The summed E-state index contributed by atoms with van der Waals surface area (Å²) in [4.78, 5) is 16.9. The van der Waals surface area contributed by atoms with Crippen LogP contribution in [0.5, 0.6) is 5.75 Å². The SMILES string of the molecule is Cc1ccc(S(=O)(=O)Oc2ccc(/C=C3\C(=O)ON=C3c3ccc(F)cc3)cc2)cc1. The molecule has 0 aromatic heterocycles. The molecule has 1 aliphatic heterocycles. The normalized spacial score (nSPS) is 15.0. The van der Waals surface area contributed by atoms with Gasteiger partial charge in [0.25, 0.3) is 0 Å². The molecule has 0 bridgehead atoms. The van der Waals surface area contributed by atoms with E-state index in [1.54, 1.807) is 30.3 Å². The van der Waals surface area contributed by atoms with Crippen LogP contribution in [0, 0.1) is 12.7 Å². The van der Waals surface area contributed by atoms with E-state index in [4.69, 9.17) is 9.02 Å². The minimum absolute atomic E-state index is 0.0538. The standard InChI is InChI=1S/C23H16FNO5S/c1-15-2-12-20(13-3-15)31(27,28)30-19-10-4-16(5-11-19)14-21-22(25-29-23(21)26)17-6-8-18(24)9-7-17/h2-14H,1H3/b21-14-. The van der Waals surface area contributed by atoms with Gasteiger partial charge in [0.1, 0.15) is 22.2 Å². The van der Waals surface area contributed by atoms with Crippen LogP contribution in [-0.4, -0.2) is 20.1 Å². The van der Waals surface area contributed by atoms with Crippen LogP contribution in [0.25, 0.3) is 6.08 Å². The second-order valence-electron chi connectivity index (χ2n) is 6.80. The van der Waals surface area contributed by atoms with E-state index in [0.717, 1.165) is 5.56 Å². The molecule has 6 nitrogen and oxygen atoms in total. The molecule has 0 amide bonds. The number of oxime groups is 1. The molecule has 1 heterocycles. The third kappa shape index (κ3) is 4.54. The number of benzene rings is 3. The molecule has 0 N–H and O–H groups in total. The highest BCUT2D eigenvalue weighted by atomic mass is 32.2. The first-order valence-electron chi connectivity index (χ1n) is 9.20. The predicted octanol–water partition coefficient (Wildman–Crippen LogP) is 4.25. The molecule has 0 saturated heterocycles. The van der Waals surface area contributed by atoms with Crippen molar-refractivity contribution < 1.29 is 26.6 Å². The van der Waals surface area contributed by atoms with E-state index in [1.807, 2.05) is 6.92 Å². The monoisotopic (exact) mass is 437 g/mol. The third-order valence-electron chi connectivity index (χ3n) is 4.52. The number of carbonyl (C=O) groups is 1. The summed E-state index contributed by atoms with van der Waals surface area (Å²) >= 11 is 0. The van der Waals surface area contributed by atoms with Gasteiger partial charge in [0.15, 0.2) is 0 Å². The van der Waals surface area contributed by atoms with Gasteiger partial charge in [-0.2, -0.15) is 8.42 Å². The summed E-state index contributed by atoms with van der Waals surface area (Å²) in [5.41, 5.74) is 2.55. The molecule has 0 spiro atoms. The molecule has 3 aromatic carbocycles. The summed E-state index contributed by atoms with van der Waals surface area (Å²) in [5, 5.41) is 3.77. The van der Waals surface area contributed by atoms with Gasteiger partial charge in [0.2, 0.25) is 0 Å². The van der Waals surface area contributed by atoms with Crippen LogP contribution in [-0.2, 0) is 19.8 Å². The van der Waals surface area contributed by atoms with E-state index in [2.05, 4.69) is 5.16 Å². The summed E-state index contributed by atoms with van der Waals surface area (Å²) in [6, 6.07) is 18.0. The molecule has 8 heteroatoms. The summed E-state index contributed by atoms with van der Waals surface area (Å²) in [6.07, 6.45) is 1.55. The van der Waals surface area contributed by atoms with Gasteiger partial charge in [0, 0.05) is 5.56 Å². The smallest absolute Gasteiger partial charge is 0.368 e. The van der Waals surface area contributed by atoms with Crippen LogP contribution in [0.15, 0.2) is 88.4 Å². The Morgan fingerprint density at radius 3 is 2.23 bits per heavy atom. The summed E-state index contributed by atoms with van der Waals surface area (Å²) < 4.78 is 43.2. The molecule has 4 rings (SSSR count). The zero-order valence-electron chi connectivity index (χ0n) is 16.3. The van der Waals surface area contributed by atoms with Crippen LogP contribution in [0.1, 0.15) is 16.7 Å². The lowest BCUT2D eigenvalue weighted by atomic mass is 10.0. The van der Waals surface area contributed by atoms with E-state index < -0.39 is 21.9 Å². The van der Waals surface area contributed by atoms with Crippen molar-refractivity contribution >= 4 is 27.9 Å². The lowest BCUT2D eigenvalue weighted by Gasteiger charge is -2.07. The Hall–Kier alpha value is -3.78. The molecular weight excluding hydrogens is 421 g/mol. The number of halogens is 1. The van der Waals surface area contributed by atoms with Crippen LogP contribution >= 0.6 is 0 Å². The number of aryl methyl sites for hydroxylation is 1. The quantitative estimate of drug-likeness (QED) is 0.339. The van der Waals surface area contributed by atoms with Gasteiger partial charge >= 0.3 is 16.1 Å². The maximum Gasteiger partial charge on any atom is 0.368 e. The van der Waals surface area contributed by atoms with Gasteiger partial charge < -0.3 is 9.02 Å². The van der Waals surface area contributed by atoms with Gasteiger partial charge in [-0.1, -0.05) is 35.0 Å². The van der Waals surface area contributed by atoms with Gasteiger partial charge in [0.05, 0.1) is 5.57 Å². The second kappa shape index (κ2) is 8.16. The van der Waals surface area contributed by atoms with Crippen molar-refractivity contribution in [1.29, 1.82) is 0 Å². The second-order valence-corrected chi connectivity index (χ2v) is 8.35. The average Bonchev–Trinajstić information content (AvgIpc) is 3.10. The topological polar surface area (TPSA) is 82.0 Å². The zero-order chi connectivity index (χ0) is 22.0. The Morgan fingerprint density at radius 1 is 0.935 bits per heavy atom. The van der Waals surface area contributed by atoms with Crippen LogP contribution in [0.4, 0.5) is 4.39 Å². The van der Waals surface area contributed by atoms with E-state index in [1.165, 1.54) is 48.5 Å². The minimum atomic E-state index is -3.96. The molecule has 3 aromatic rings. The zero-order valence-corrected chi connectivity index (χ0v) is 17.1. The number of rotatable bonds is 5. The molecular formula is C23H16FNO5S. The predicted molar refractivity (Wildman–Crippen MR) is 112 cm³/mol. The molecule has 0 aliphatic carbocycles. The van der Waals surface area contributed by atoms with Gasteiger partial charge in [-0.25, -0.2) is 9.18 Å². The van der Waals surface area contributed by atoms with Crippen molar-refractivity contribution in [1.82, 2.24) is 0 Å². The maximum atomic E-state index is 13.2. The fourth-order valence-corrected chi connectivity index (χ4v) is 3.82. The molecule has 1 aliphatic rings. The Balaban J connectivity index is 1.55. The summed E-state index contributed by atoms with van der Waals surface area (Å²) in [6.45, 7) is 1.86. The van der Waals surface area contributed by atoms with Crippen molar-refractivity contribution in [2.45, 2.75) is 11.8 Å². The highest BCUT2D eigenvalue weighted by molar-refractivity contribution is 7.87. The van der Waals surface area contributed by atoms with Crippen LogP contribution in [0.3, 0.4) is 0 Å². The first-order valence-corrected chi connectivity index (χ1v) is 10.6. The fraction of sp³-hybridized carbons (Fsp3) is 0.0435. The summed E-state index contributed by atoms with van der Waals surface area (Å²) in [7, 11) is -3.96. The average molecular weight is 437 g/mol. The first kappa shape index (κ1) is 20.5. The number of hydrogen-bond acceptors (Lipinski definition) is 6. The fourth-order valence-electron chi connectivity index (χ4n) is 2.89. The van der Waals surface area contributed by atoms with E-state index >= 15 is 0 Å². The number of hydrogen-bond donors (Lipinski definition) is 0. The van der Waals surface area contributed by atoms with Crippen molar-refractivity contribution in [3.8, 4) is 5.75 Å². The van der Waals surface area contributed by atoms with E-state index in [-0.39, 0.29) is 21.9 Å². The van der Waals surface area contributed by atoms with Gasteiger partial charge in [-0.3, -0.25) is 0 Å². The number of nitrogens with zero attached hydrogens (tertiary/aromatic N) is 1. The van der Waals surface area contributed by atoms with E-state index in [9.17, 15) is 17.6 Å². The molecule has 0 fully saturated rings. The van der Waals surface area contributed by atoms with Crippen LogP contribution in [0.2, 0.25) is 0 Å². The Kier molecular flexibility index (Phi) is 5.39. The van der Waals surface area contributed by atoms with Crippen molar-refractivity contribution in [3.05, 3.63) is 101 Å². The molecule has 0 radical (unpaired) electrons. The molecule has 0 atom stereocenters. The van der Waals surface area contributed by atoms with Crippen molar-refractivity contribution in [2.75, 3.05) is 0 Å². The van der Waals surface area contributed by atoms with Crippen LogP contribution < -0.4 is 4.18 Å². The lowest BCUT2D eigenvalue weighted by Crippen LogP contribution is -2.09. The maximum absolute atomic E-state index is 13.2. The largest absolute Gasteiger partial charge is 0.379 e. The van der Waals surface area contributed by atoms with Crippen molar-refractivity contribution in [3.63, 3.8) is 0 Å². The van der Waals surface area contributed by atoms with Gasteiger partial charge in [-0.05, 0) is 67.1 Å². The Morgan fingerprint density at radius 2 is 1.58 bits per heavy atom. The van der Waals surface area contributed by atoms with E-state index in [0.29, 0.717) is 11.1 Å².